The van der Waals surface area contributed by atoms with E-state index in [4.69, 9.17) is 0 Å². The molecule has 0 bridgehead atoms. The predicted molar refractivity (Wildman–Crippen MR) is 116 cm³/mol. The quantitative estimate of drug-likeness (QED) is 0.575. The number of pyridine rings is 2. The number of hydrogen-bond acceptors (Lipinski definition) is 4. The van der Waals surface area contributed by atoms with Gasteiger partial charge in [-0.05, 0) is 67.4 Å². The molecule has 6 nitrogen and oxygen atoms in total. The highest BCUT2D eigenvalue weighted by molar-refractivity contribution is 5.99. The molecule has 0 saturated heterocycles. The number of aromatic nitrogens is 2. The van der Waals surface area contributed by atoms with Gasteiger partial charge in [-0.15, -0.1) is 0 Å². The number of amides is 2. The molecule has 154 valence electrons. The van der Waals surface area contributed by atoms with Crippen molar-refractivity contribution in [1.29, 1.82) is 0 Å². The lowest BCUT2D eigenvalue weighted by Crippen LogP contribution is -2.32. The van der Waals surface area contributed by atoms with E-state index in [0.717, 1.165) is 11.1 Å². The van der Waals surface area contributed by atoms with Crippen LogP contribution in [0, 0.1) is 0 Å². The molecule has 0 atom stereocenters. The van der Waals surface area contributed by atoms with Crippen molar-refractivity contribution in [2.45, 2.75) is 26.9 Å². The number of nitrogens with zero attached hydrogens (tertiary/aromatic N) is 4. The minimum absolute atomic E-state index is 0.0962. The van der Waals surface area contributed by atoms with Gasteiger partial charge in [-0.2, -0.15) is 0 Å². The Morgan fingerprint density at radius 2 is 1.10 bits per heavy atom. The predicted octanol–water partition coefficient (Wildman–Crippen LogP) is 3.80. The van der Waals surface area contributed by atoms with Gasteiger partial charge in [-0.1, -0.05) is 6.07 Å². The molecular formula is C24H26N4O2. The van der Waals surface area contributed by atoms with Crippen LogP contribution in [0.3, 0.4) is 0 Å². The summed E-state index contributed by atoms with van der Waals surface area (Å²) in [4.78, 5) is 37.7. The molecule has 30 heavy (non-hydrogen) atoms. The van der Waals surface area contributed by atoms with E-state index in [9.17, 15) is 9.59 Å². The van der Waals surface area contributed by atoms with E-state index in [0.29, 0.717) is 37.3 Å². The Kier molecular flexibility index (Phi) is 7.27. The summed E-state index contributed by atoms with van der Waals surface area (Å²) in [6.45, 7) is 6.03. The maximum Gasteiger partial charge on any atom is 0.254 e. The van der Waals surface area contributed by atoms with Gasteiger partial charge in [-0.25, -0.2) is 0 Å². The summed E-state index contributed by atoms with van der Waals surface area (Å²) < 4.78 is 0. The molecule has 6 heteroatoms. The summed E-state index contributed by atoms with van der Waals surface area (Å²) in [7, 11) is 0. The molecule has 2 amide bonds. The Morgan fingerprint density at radius 1 is 0.700 bits per heavy atom. The van der Waals surface area contributed by atoms with Crippen LogP contribution >= 0.6 is 0 Å². The first-order valence-electron chi connectivity index (χ1n) is 10.1. The summed E-state index contributed by atoms with van der Waals surface area (Å²) in [5, 5.41) is 0. The van der Waals surface area contributed by atoms with E-state index >= 15 is 0 Å². The van der Waals surface area contributed by atoms with Gasteiger partial charge >= 0.3 is 0 Å². The first kappa shape index (κ1) is 21.2. The number of carbonyl (C=O) groups is 2. The van der Waals surface area contributed by atoms with Gasteiger partial charge in [0.25, 0.3) is 11.8 Å². The third kappa shape index (κ3) is 5.29. The molecule has 1 aromatic carbocycles. The smallest absolute Gasteiger partial charge is 0.254 e. The summed E-state index contributed by atoms with van der Waals surface area (Å²) in [5.41, 5.74) is 3.05. The third-order valence-corrected chi connectivity index (χ3v) is 4.94. The van der Waals surface area contributed by atoms with Crippen LogP contribution in [0.15, 0.2) is 73.3 Å². The SMILES string of the molecule is CCN(Cc1ccncc1)C(=O)c1cccc(C(=O)N(CC)Cc2ccncc2)c1. The van der Waals surface area contributed by atoms with Crippen molar-refractivity contribution in [3.63, 3.8) is 0 Å². The second-order valence-electron chi connectivity index (χ2n) is 6.93. The number of rotatable bonds is 8. The first-order valence-corrected chi connectivity index (χ1v) is 10.1. The maximum absolute atomic E-state index is 13.1. The molecule has 0 aliphatic rings. The standard InChI is InChI=1S/C24H26N4O2/c1-3-27(17-19-8-12-25-13-9-19)23(29)21-6-5-7-22(16-21)24(30)28(4-2)18-20-10-14-26-15-11-20/h5-16H,3-4,17-18H2,1-2H3. The summed E-state index contributed by atoms with van der Waals surface area (Å²) in [5.74, 6) is -0.192. The molecule has 0 spiro atoms. The average molecular weight is 402 g/mol. The van der Waals surface area contributed by atoms with Crippen LogP contribution in [-0.2, 0) is 13.1 Å². The van der Waals surface area contributed by atoms with Crippen LogP contribution in [0.5, 0.6) is 0 Å². The Balaban J connectivity index is 1.76. The largest absolute Gasteiger partial charge is 0.335 e. The Labute approximate surface area is 177 Å². The minimum atomic E-state index is -0.0962. The second-order valence-corrected chi connectivity index (χ2v) is 6.93. The summed E-state index contributed by atoms with van der Waals surface area (Å²) in [6.07, 6.45) is 6.87. The van der Waals surface area contributed by atoms with Crippen LogP contribution in [0.2, 0.25) is 0 Å². The van der Waals surface area contributed by atoms with E-state index in [2.05, 4.69) is 9.97 Å². The van der Waals surface area contributed by atoms with Gasteiger partial charge in [0, 0.05) is 62.1 Å². The fourth-order valence-corrected chi connectivity index (χ4v) is 3.22. The number of hydrogen-bond donors (Lipinski definition) is 0. The maximum atomic E-state index is 13.1. The fourth-order valence-electron chi connectivity index (χ4n) is 3.22. The fraction of sp³-hybridized carbons (Fsp3) is 0.250. The van der Waals surface area contributed by atoms with Crippen LogP contribution in [0.25, 0.3) is 0 Å². The van der Waals surface area contributed by atoms with Crippen LogP contribution < -0.4 is 0 Å². The van der Waals surface area contributed by atoms with Crippen molar-refractivity contribution in [3.8, 4) is 0 Å². The highest BCUT2D eigenvalue weighted by Crippen LogP contribution is 2.15. The monoisotopic (exact) mass is 402 g/mol. The van der Waals surface area contributed by atoms with Gasteiger partial charge < -0.3 is 9.80 Å². The van der Waals surface area contributed by atoms with E-state index in [-0.39, 0.29) is 11.8 Å². The third-order valence-electron chi connectivity index (χ3n) is 4.94. The second kappa shape index (κ2) is 10.3. The van der Waals surface area contributed by atoms with E-state index in [1.54, 1.807) is 58.9 Å². The number of carbonyl (C=O) groups excluding carboxylic acids is 2. The van der Waals surface area contributed by atoms with Crippen LogP contribution in [0.1, 0.15) is 45.7 Å². The zero-order chi connectivity index (χ0) is 21.3. The molecule has 0 saturated carbocycles. The molecular weight excluding hydrogens is 376 g/mol. The molecule has 0 unspecified atom stereocenters. The van der Waals surface area contributed by atoms with Crippen LogP contribution in [-0.4, -0.2) is 44.7 Å². The Bertz CT molecular complexity index is 900. The lowest BCUT2D eigenvalue weighted by atomic mass is 10.1. The van der Waals surface area contributed by atoms with Crippen molar-refractivity contribution in [3.05, 3.63) is 95.6 Å². The molecule has 2 heterocycles. The molecule has 3 rings (SSSR count). The Hall–Kier alpha value is -3.54. The van der Waals surface area contributed by atoms with Crippen molar-refractivity contribution < 1.29 is 9.59 Å². The van der Waals surface area contributed by atoms with Gasteiger partial charge in [0.1, 0.15) is 0 Å². The van der Waals surface area contributed by atoms with Crippen molar-refractivity contribution >= 4 is 11.8 Å². The average Bonchev–Trinajstić information content (AvgIpc) is 2.81. The van der Waals surface area contributed by atoms with Gasteiger partial charge in [0.15, 0.2) is 0 Å². The zero-order valence-electron chi connectivity index (χ0n) is 17.4. The van der Waals surface area contributed by atoms with E-state index < -0.39 is 0 Å². The first-order chi connectivity index (χ1) is 14.6. The molecule has 0 N–H and O–H groups in total. The molecule has 0 fully saturated rings. The molecule has 2 aromatic heterocycles. The minimum Gasteiger partial charge on any atom is -0.335 e. The van der Waals surface area contributed by atoms with E-state index in [1.807, 2.05) is 38.1 Å². The topological polar surface area (TPSA) is 66.4 Å². The van der Waals surface area contributed by atoms with Gasteiger partial charge in [0.2, 0.25) is 0 Å². The molecule has 3 aromatic rings. The molecule has 0 aliphatic carbocycles. The van der Waals surface area contributed by atoms with Crippen molar-refractivity contribution in [2.75, 3.05) is 13.1 Å². The molecule has 0 aliphatic heterocycles. The highest BCUT2D eigenvalue weighted by Gasteiger charge is 2.19. The lowest BCUT2D eigenvalue weighted by Gasteiger charge is -2.23. The highest BCUT2D eigenvalue weighted by atomic mass is 16.2. The van der Waals surface area contributed by atoms with Gasteiger partial charge in [-0.3, -0.25) is 19.6 Å². The van der Waals surface area contributed by atoms with Gasteiger partial charge in [0.05, 0.1) is 0 Å². The Morgan fingerprint density at radius 3 is 1.47 bits per heavy atom. The van der Waals surface area contributed by atoms with Crippen LogP contribution in [0.4, 0.5) is 0 Å². The van der Waals surface area contributed by atoms with Crippen molar-refractivity contribution in [2.24, 2.45) is 0 Å². The molecule has 0 radical (unpaired) electrons. The summed E-state index contributed by atoms with van der Waals surface area (Å²) in [6, 6.07) is 14.6. The number of benzene rings is 1. The van der Waals surface area contributed by atoms with E-state index in [1.165, 1.54) is 0 Å². The zero-order valence-corrected chi connectivity index (χ0v) is 17.4. The normalized spacial score (nSPS) is 10.5. The lowest BCUT2D eigenvalue weighted by molar-refractivity contribution is 0.0751. The summed E-state index contributed by atoms with van der Waals surface area (Å²) >= 11 is 0. The van der Waals surface area contributed by atoms with Crippen molar-refractivity contribution in [1.82, 2.24) is 19.8 Å².